The summed E-state index contributed by atoms with van der Waals surface area (Å²) in [6.45, 7) is 3.60. The number of carbonyl (C=O) groups excluding carboxylic acids is 1. The second-order valence-corrected chi connectivity index (χ2v) is 6.68. The lowest BCUT2D eigenvalue weighted by atomic mass is 10.0. The third-order valence-corrected chi connectivity index (χ3v) is 5.22. The molecule has 136 valence electrons. The number of aromatic amines is 1. The highest BCUT2D eigenvalue weighted by Crippen LogP contribution is 2.35. The van der Waals surface area contributed by atoms with Crippen LogP contribution in [0.5, 0.6) is 5.75 Å². The van der Waals surface area contributed by atoms with Crippen LogP contribution in [0.1, 0.15) is 30.9 Å². The molecule has 0 saturated carbocycles. The first kappa shape index (κ1) is 16.8. The van der Waals surface area contributed by atoms with E-state index in [9.17, 15) is 4.79 Å². The molecule has 1 aliphatic heterocycles. The van der Waals surface area contributed by atoms with Crippen molar-refractivity contribution in [2.45, 2.75) is 31.8 Å². The minimum atomic E-state index is -1.05. The highest BCUT2D eigenvalue weighted by Gasteiger charge is 2.45. The number of piperidine rings is 1. The third-order valence-electron chi connectivity index (χ3n) is 5.22. The van der Waals surface area contributed by atoms with E-state index in [0.29, 0.717) is 5.82 Å². The fraction of sp³-hybridized carbons (Fsp3) is 0.421. The number of carbonyl (C=O) groups is 1. The molecule has 2 aromatic heterocycles. The molecule has 0 aliphatic carbocycles. The molecule has 0 radical (unpaired) electrons. The predicted molar refractivity (Wildman–Crippen MR) is 98.2 cm³/mol. The SMILES string of the molecule is COc1ccc2nc(C)n(C(C=O)(c3ncc[nH]3)N3CCCCC3)c2c1. The van der Waals surface area contributed by atoms with E-state index in [-0.39, 0.29) is 0 Å². The number of methoxy groups -OCH3 is 1. The van der Waals surface area contributed by atoms with E-state index in [4.69, 9.17) is 4.74 Å². The number of nitrogens with zero attached hydrogens (tertiary/aromatic N) is 4. The molecule has 0 spiro atoms. The van der Waals surface area contributed by atoms with Crippen molar-refractivity contribution in [3.8, 4) is 5.75 Å². The largest absolute Gasteiger partial charge is 0.497 e. The van der Waals surface area contributed by atoms with Gasteiger partial charge in [0.25, 0.3) is 0 Å². The molecule has 7 heteroatoms. The van der Waals surface area contributed by atoms with E-state index >= 15 is 0 Å². The molecule has 0 amide bonds. The number of likely N-dealkylation sites (tertiary alicyclic amines) is 1. The fourth-order valence-corrected chi connectivity index (χ4v) is 4.01. The van der Waals surface area contributed by atoms with Gasteiger partial charge in [-0.05, 0) is 31.9 Å². The molecule has 1 atom stereocenters. The molecule has 3 aromatic rings. The molecule has 1 aliphatic rings. The monoisotopic (exact) mass is 353 g/mol. The first-order valence-electron chi connectivity index (χ1n) is 8.95. The van der Waals surface area contributed by atoms with E-state index in [1.165, 1.54) is 6.42 Å². The van der Waals surface area contributed by atoms with Crippen molar-refractivity contribution in [1.29, 1.82) is 0 Å². The van der Waals surface area contributed by atoms with Gasteiger partial charge in [0.2, 0.25) is 5.66 Å². The van der Waals surface area contributed by atoms with Gasteiger partial charge in [0.1, 0.15) is 11.6 Å². The lowest BCUT2D eigenvalue weighted by Gasteiger charge is -2.42. The van der Waals surface area contributed by atoms with Crippen molar-refractivity contribution in [1.82, 2.24) is 24.4 Å². The average molecular weight is 353 g/mol. The summed E-state index contributed by atoms with van der Waals surface area (Å²) in [6, 6.07) is 5.74. The van der Waals surface area contributed by atoms with Crippen molar-refractivity contribution in [2.75, 3.05) is 20.2 Å². The van der Waals surface area contributed by atoms with Crippen molar-refractivity contribution in [2.24, 2.45) is 0 Å². The molecule has 3 heterocycles. The summed E-state index contributed by atoms with van der Waals surface area (Å²) >= 11 is 0. The van der Waals surface area contributed by atoms with Crippen LogP contribution in [0, 0.1) is 6.92 Å². The van der Waals surface area contributed by atoms with Crippen LogP contribution in [0.25, 0.3) is 11.0 Å². The Morgan fingerprint density at radius 1 is 1.27 bits per heavy atom. The maximum Gasteiger partial charge on any atom is 0.215 e. The highest BCUT2D eigenvalue weighted by molar-refractivity contribution is 5.81. The standard InChI is InChI=1S/C19H23N5O2/c1-14-22-16-7-6-15(26-2)12-17(16)24(14)19(13-25,18-20-8-9-21-18)23-10-4-3-5-11-23/h6-9,12-13H,3-5,10-11H2,1-2H3,(H,20,21). The summed E-state index contributed by atoms with van der Waals surface area (Å²) in [5.74, 6) is 2.11. The number of imidazole rings is 2. The number of aromatic nitrogens is 4. The van der Waals surface area contributed by atoms with Crippen molar-refractivity contribution < 1.29 is 9.53 Å². The first-order chi connectivity index (χ1) is 12.7. The Labute approximate surface area is 152 Å². The summed E-state index contributed by atoms with van der Waals surface area (Å²) in [4.78, 5) is 27.2. The zero-order valence-electron chi connectivity index (χ0n) is 15.1. The van der Waals surface area contributed by atoms with Gasteiger partial charge in [-0.2, -0.15) is 0 Å². The van der Waals surface area contributed by atoms with E-state index in [0.717, 1.165) is 54.8 Å². The smallest absolute Gasteiger partial charge is 0.215 e. The number of fused-ring (bicyclic) bond motifs is 1. The fourth-order valence-electron chi connectivity index (χ4n) is 4.01. The number of benzene rings is 1. The Morgan fingerprint density at radius 2 is 2.08 bits per heavy atom. The zero-order chi connectivity index (χ0) is 18.1. The van der Waals surface area contributed by atoms with Crippen LogP contribution >= 0.6 is 0 Å². The number of nitrogens with one attached hydrogen (secondary N) is 1. The minimum absolute atomic E-state index is 0.611. The Kier molecular flexibility index (Phi) is 4.24. The van der Waals surface area contributed by atoms with Gasteiger partial charge in [0.05, 0.1) is 18.1 Å². The molecule has 1 unspecified atom stereocenters. The van der Waals surface area contributed by atoms with Crippen LogP contribution in [-0.2, 0) is 10.5 Å². The Morgan fingerprint density at radius 3 is 2.73 bits per heavy atom. The van der Waals surface area contributed by atoms with Gasteiger partial charge in [-0.15, -0.1) is 0 Å². The summed E-state index contributed by atoms with van der Waals surface area (Å²) in [5.41, 5.74) is 0.642. The van der Waals surface area contributed by atoms with Gasteiger partial charge >= 0.3 is 0 Å². The third kappa shape index (κ3) is 2.42. The second kappa shape index (κ2) is 6.57. The molecule has 1 N–H and O–H groups in total. The van der Waals surface area contributed by atoms with Gasteiger partial charge in [-0.25, -0.2) is 9.97 Å². The Hall–Kier alpha value is -2.67. The van der Waals surface area contributed by atoms with Crippen molar-refractivity contribution in [3.05, 3.63) is 42.2 Å². The number of rotatable bonds is 5. The van der Waals surface area contributed by atoms with Crippen molar-refractivity contribution >= 4 is 17.3 Å². The second-order valence-electron chi connectivity index (χ2n) is 6.68. The summed E-state index contributed by atoms with van der Waals surface area (Å²) in [6.07, 6.45) is 7.74. The average Bonchev–Trinajstić information content (AvgIpc) is 3.32. The summed E-state index contributed by atoms with van der Waals surface area (Å²) in [5, 5.41) is 0. The van der Waals surface area contributed by atoms with Gasteiger partial charge in [-0.3, -0.25) is 14.3 Å². The van der Waals surface area contributed by atoms with E-state index in [2.05, 4.69) is 19.9 Å². The van der Waals surface area contributed by atoms with Gasteiger partial charge in [0.15, 0.2) is 12.1 Å². The molecule has 7 nitrogen and oxygen atoms in total. The molecule has 0 bridgehead atoms. The van der Waals surface area contributed by atoms with Crippen LogP contribution in [0.15, 0.2) is 30.6 Å². The number of aldehydes is 1. The Bertz CT molecular complexity index is 912. The van der Waals surface area contributed by atoms with Crippen molar-refractivity contribution in [3.63, 3.8) is 0 Å². The van der Waals surface area contributed by atoms with Crippen LogP contribution in [0.2, 0.25) is 0 Å². The minimum Gasteiger partial charge on any atom is -0.497 e. The lowest BCUT2D eigenvalue weighted by Crippen LogP contribution is -2.55. The van der Waals surface area contributed by atoms with Crippen LogP contribution < -0.4 is 4.74 Å². The first-order valence-corrected chi connectivity index (χ1v) is 8.95. The predicted octanol–water partition coefficient (Wildman–Crippen LogP) is 2.46. The van der Waals surface area contributed by atoms with Crippen LogP contribution in [0.4, 0.5) is 0 Å². The number of H-pyrrole nitrogens is 1. The topological polar surface area (TPSA) is 76.0 Å². The molecule has 1 saturated heterocycles. The maximum atomic E-state index is 12.7. The number of hydrogen-bond acceptors (Lipinski definition) is 5. The van der Waals surface area contributed by atoms with Gasteiger partial charge in [-0.1, -0.05) is 6.42 Å². The zero-order valence-corrected chi connectivity index (χ0v) is 15.1. The lowest BCUT2D eigenvalue weighted by molar-refractivity contribution is -0.123. The maximum absolute atomic E-state index is 12.7. The van der Waals surface area contributed by atoms with E-state index < -0.39 is 5.66 Å². The van der Waals surface area contributed by atoms with Gasteiger partial charge < -0.3 is 9.72 Å². The summed E-state index contributed by atoms with van der Waals surface area (Å²) in [7, 11) is 1.64. The van der Waals surface area contributed by atoms with E-state index in [1.54, 1.807) is 19.5 Å². The normalized spacial score (nSPS) is 17.9. The number of hydrogen-bond donors (Lipinski definition) is 1. The molecule has 1 aromatic carbocycles. The van der Waals surface area contributed by atoms with E-state index in [1.807, 2.05) is 29.7 Å². The molecule has 1 fully saturated rings. The highest BCUT2D eigenvalue weighted by atomic mass is 16.5. The molecular weight excluding hydrogens is 330 g/mol. The summed E-state index contributed by atoms with van der Waals surface area (Å²) < 4.78 is 7.39. The molecule has 4 rings (SSSR count). The Balaban J connectivity index is 2.01. The number of aryl methyl sites for hydroxylation is 1. The molecule has 26 heavy (non-hydrogen) atoms. The van der Waals surface area contributed by atoms with Crippen LogP contribution in [-0.4, -0.2) is 50.9 Å². The number of ether oxygens (including phenoxy) is 1. The van der Waals surface area contributed by atoms with Gasteiger partial charge in [0, 0.05) is 31.5 Å². The molecular formula is C19H23N5O2. The van der Waals surface area contributed by atoms with Crippen LogP contribution in [0.3, 0.4) is 0 Å². The quantitative estimate of drug-likeness (QED) is 0.713.